The smallest absolute Gasteiger partial charge is 0.171 e. The van der Waals surface area contributed by atoms with Crippen LogP contribution in [0.3, 0.4) is 0 Å². The van der Waals surface area contributed by atoms with E-state index in [0.717, 1.165) is 32.6 Å². The van der Waals surface area contributed by atoms with Crippen LogP contribution in [-0.2, 0) is 9.98 Å². The normalized spacial score (nSPS) is 15.4. The Labute approximate surface area is 351 Å². The molecule has 0 amide bonds. The van der Waals surface area contributed by atoms with Crippen molar-refractivity contribution < 1.29 is 4.57 Å². The average molecular weight is 803 g/mol. The lowest BCUT2D eigenvalue weighted by Crippen LogP contribution is -2.37. The Balaban J connectivity index is 1.09. The molecule has 1 spiro atoms. The van der Waals surface area contributed by atoms with Gasteiger partial charge in [0.15, 0.2) is 7.14 Å². The van der Waals surface area contributed by atoms with Crippen molar-refractivity contribution in [3.63, 3.8) is 0 Å². The Hall–Kier alpha value is -6.84. The molecule has 0 radical (unpaired) electrons. The number of nitrogens with zero attached hydrogens (tertiary/aromatic N) is 2. The third-order valence-corrected chi connectivity index (χ3v) is 17.3. The van der Waals surface area contributed by atoms with E-state index in [4.69, 9.17) is 0 Å². The number of rotatable bonds is 4. The molecule has 2 aliphatic heterocycles. The largest absolute Gasteiger partial charge is 0.309 e. The van der Waals surface area contributed by atoms with E-state index < -0.39 is 12.6 Å². The minimum atomic E-state index is -3.13. The van der Waals surface area contributed by atoms with Gasteiger partial charge in [-0.3, -0.25) is 0 Å². The van der Waals surface area contributed by atoms with Gasteiger partial charge in [-0.25, -0.2) is 0 Å². The second-order valence-corrected chi connectivity index (χ2v) is 19.7. The number of hydrogen-bond donors (Lipinski definition) is 0. The van der Waals surface area contributed by atoms with Crippen LogP contribution in [0.25, 0.3) is 55.0 Å². The predicted octanol–water partition coefficient (Wildman–Crippen LogP) is 12.7. The second-order valence-electron chi connectivity index (χ2n) is 15.9. The maximum absolute atomic E-state index is 15.3. The SMILES string of the molecule is O=P(c1ccccc1)(c1ccccc1)c1ccc(-n2c3ccccc3c3c4c(ccc32)C2(c3ccccc3S4)c3ccccc3-n3c4ccccc4c4cccc2c43)cc1. The summed E-state index contributed by atoms with van der Waals surface area (Å²) in [6, 6.07) is 75.8. The molecule has 282 valence electrons. The first kappa shape index (κ1) is 34.1. The first-order valence-corrected chi connectivity index (χ1v) is 23.0. The Morgan fingerprint density at radius 2 is 0.967 bits per heavy atom. The molecule has 13 rings (SSSR count). The summed E-state index contributed by atoms with van der Waals surface area (Å²) in [4.78, 5) is 2.56. The van der Waals surface area contributed by atoms with Crippen LogP contribution in [0.2, 0.25) is 0 Å². The molecule has 0 N–H and O–H groups in total. The molecule has 5 heteroatoms. The zero-order chi connectivity index (χ0) is 39.6. The summed E-state index contributed by atoms with van der Waals surface area (Å²) in [7, 11) is -3.13. The molecule has 60 heavy (non-hydrogen) atoms. The van der Waals surface area contributed by atoms with Crippen molar-refractivity contribution in [1.29, 1.82) is 0 Å². The van der Waals surface area contributed by atoms with Gasteiger partial charge in [-0.05, 0) is 76.9 Å². The highest BCUT2D eigenvalue weighted by molar-refractivity contribution is 7.99. The molecular formula is C55H35N2OPS. The van der Waals surface area contributed by atoms with Crippen LogP contribution in [0.15, 0.2) is 222 Å². The maximum Gasteiger partial charge on any atom is 0.171 e. The van der Waals surface area contributed by atoms with Gasteiger partial charge in [-0.15, -0.1) is 0 Å². The van der Waals surface area contributed by atoms with E-state index in [1.165, 1.54) is 70.3 Å². The van der Waals surface area contributed by atoms with Crippen LogP contribution in [0.4, 0.5) is 0 Å². The quantitative estimate of drug-likeness (QED) is 0.166. The van der Waals surface area contributed by atoms with Crippen LogP contribution in [0.5, 0.6) is 0 Å². The third kappa shape index (κ3) is 4.34. The molecule has 0 saturated carbocycles. The van der Waals surface area contributed by atoms with Crippen LogP contribution in [0.1, 0.15) is 22.3 Å². The van der Waals surface area contributed by atoms with Crippen molar-refractivity contribution >= 4 is 78.4 Å². The fourth-order valence-corrected chi connectivity index (χ4v) is 14.6. The Kier molecular flexibility index (Phi) is 7.14. The standard InChI is InChI=1S/C55H35N2OPS/c58-59(37-16-3-1-4-17-37,38-18-5-2-6-19-38)39-32-30-36(31-33-39)56-48-27-12-8-21-42(48)52-50(56)35-34-46-54(52)60-51-29-14-10-24-44(51)55(46)43-23-9-13-28-49(43)57-47-26-11-7-20-40(47)41-22-15-25-45(55)53(41)57/h1-35H. The van der Waals surface area contributed by atoms with Gasteiger partial charge in [-0.1, -0.05) is 169 Å². The van der Waals surface area contributed by atoms with Gasteiger partial charge in [0.1, 0.15) is 0 Å². The van der Waals surface area contributed by atoms with Crippen LogP contribution < -0.4 is 15.9 Å². The van der Waals surface area contributed by atoms with E-state index in [9.17, 15) is 0 Å². The molecule has 3 nitrogen and oxygen atoms in total. The van der Waals surface area contributed by atoms with Crippen LogP contribution in [-0.4, -0.2) is 9.13 Å². The fourth-order valence-electron chi connectivity index (χ4n) is 10.6. The lowest BCUT2D eigenvalue weighted by Gasteiger charge is -2.45. The van der Waals surface area contributed by atoms with Crippen molar-refractivity contribution in [3.05, 3.63) is 235 Å². The molecule has 9 aromatic carbocycles. The number of aromatic nitrogens is 2. The Morgan fingerprint density at radius 3 is 1.72 bits per heavy atom. The summed E-state index contributed by atoms with van der Waals surface area (Å²) < 4.78 is 20.2. The molecule has 0 fully saturated rings. The van der Waals surface area contributed by atoms with Gasteiger partial charge in [-0.2, -0.15) is 0 Å². The highest BCUT2D eigenvalue weighted by Gasteiger charge is 2.50. The summed E-state index contributed by atoms with van der Waals surface area (Å²) in [5.74, 6) is 0. The van der Waals surface area contributed by atoms with E-state index in [1.54, 1.807) is 0 Å². The predicted molar refractivity (Wildman–Crippen MR) is 251 cm³/mol. The van der Waals surface area contributed by atoms with E-state index in [0.29, 0.717) is 0 Å². The van der Waals surface area contributed by atoms with Crippen molar-refractivity contribution in [2.45, 2.75) is 15.2 Å². The molecular weight excluding hydrogens is 768 g/mol. The number of fused-ring (bicyclic) bond motifs is 15. The second kappa shape index (κ2) is 12.6. The highest BCUT2D eigenvalue weighted by atomic mass is 32.2. The summed E-state index contributed by atoms with van der Waals surface area (Å²) in [5, 5.41) is 7.50. The zero-order valence-corrected chi connectivity index (χ0v) is 34.1. The molecule has 0 saturated heterocycles. The van der Waals surface area contributed by atoms with Crippen molar-refractivity contribution in [3.8, 4) is 11.4 Å². The lowest BCUT2D eigenvalue weighted by molar-refractivity contribution is 0.592. The fraction of sp³-hybridized carbons (Fsp3) is 0.0182. The number of para-hydroxylation sites is 4. The summed E-state index contributed by atoms with van der Waals surface area (Å²) >= 11 is 1.90. The highest BCUT2D eigenvalue weighted by Crippen LogP contribution is 2.62. The maximum atomic E-state index is 15.3. The van der Waals surface area contributed by atoms with Gasteiger partial charge in [0.05, 0.1) is 33.2 Å². The molecule has 11 aromatic rings. The monoisotopic (exact) mass is 802 g/mol. The van der Waals surface area contributed by atoms with E-state index in [-0.39, 0.29) is 0 Å². The third-order valence-electron chi connectivity index (χ3n) is 13.1. The first-order valence-electron chi connectivity index (χ1n) is 20.5. The van der Waals surface area contributed by atoms with Crippen LogP contribution in [0, 0.1) is 0 Å². The molecule has 2 aromatic heterocycles. The first-order chi connectivity index (χ1) is 29.7. The van der Waals surface area contributed by atoms with E-state index >= 15 is 4.57 Å². The minimum Gasteiger partial charge on any atom is -0.309 e. The van der Waals surface area contributed by atoms with E-state index in [2.05, 4.69) is 161 Å². The molecule has 1 atom stereocenters. The summed E-state index contributed by atoms with van der Waals surface area (Å²) in [6.07, 6.45) is 0. The summed E-state index contributed by atoms with van der Waals surface area (Å²) in [5.41, 5.74) is 11.7. The topological polar surface area (TPSA) is 26.9 Å². The van der Waals surface area contributed by atoms with Gasteiger partial charge >= 0.3 is 0 Å². The van der Waals surface area contributed by atoms with Crippen molar-refractivity contribution in [2.75, 3.05) is 0 Å². The Bertz CT molecular complexity index is 3560. The van der Waals surface area contributed by atoms with Crippen molar-refractivity contribution in [2.24, 2.45) is 0 Å². The molecule has 1 unspecified atom stereocenters. The van der Waals surface area contributed by atoms with Gasteiger partial charge in [0, 0.05) is 52.9 Å². The zero-order valence-electron chi connectivity index (χ0n) is 32.4. The number of hydrogen-bond acceptors (Lipinski definition) is 2. The van der Waals surface area contributed by atoms with Crippen LogP contribution >= 0.6 is 18.9 Å². The van der Waals surface area contributed by atoms with Crippen molar-refractivity contribution in [1.82, 2.24) is 9.13 Å². The lowest BCUT2D eigenvalue weighted by atomic mass is 9.62. The molecule has 0 aliphatic carbocycles. The minimum absolute atomic E-state index is 0.563. The molecule has 4 heterocycles. The Morgan fingerprint density at radius 1 is 0.400 bits per heavy atom. The summed E-state index contributed by atoms with van der Waals surface area (Å²) in [6.45, 7) is 0. The molecule has 2 aliphatic rings. The van der Waals surface area contributed by atoms with Gasteiger partial charge in [0.2, 0.25) is 0 Å². The van der Waals surface area contributed by atoms with Gasteiger partial charge in [0.25, 0.3) is 0 Å². The average Bonchev–Trinajstić information content (AvgIpc) is 3.85. The number of benzene rings is 9. The van der Waals surface area contributed by atoms with Gasteiger partial charge < -0.3 is 13.7 Å². The van der Waals surface area contributed by atoms with E-state index in [1.807, 2.05) is 72.4 Å². The molecule has 0 bridgehead atoms.